The fraction of sp³-hybridized carbons (Fsp3) is 0.562. The van der Waals surface area contributed by atoms with E-state index in [4.69, 9.17) is 9.15 Å². The molecule has 2 aromatic heterocycles. The van der Waals surface area contributed by atoms with Crippen LogP contribution >= 0.6 is 0 Å². The molecule has 1 fully saturated rings. The molecule has 1 unspecified atom stereocenters. The van der Waals surface area contributed by atoms with E-state index in [1.54, 1.807) is 6.26 Å². The summed E-state index contributed by atoms with van der Waals surface area (Å²) >= 11 is 0. The molecule has 0 aliphatic carbocycles. The number of aromatic nitrogens is 2. The van der Waals surface area contributed by atoms with Crippen molar-refractivity contribution in [3.63, 3.8) is 0 Å². The molecule has 0 bridgehead atoms. The quantitative estimate of drug-likeness (QED) is 0.815. The number of hydrogen-bond donors (Lipinski definition) is 2. The third kappa shape index (κ3) is 4.19. The number of H-pyrrole nitrogens is 1. The van der Waals surface area contributed by atoms with E-state index in [-0.39, 0.29) is 0 Å². The number of piperidine rings is 1. The van der Waals surface area contributed by atoms with Crippen LogP contribution in [-0.4, -0.2) is 52.5 Å². The van der Waals surface area contributed by atoms with Gasteiger partial charge in [0.25, 0.3) is 0 Å². The van der Waals surface area contributed by atoms with Crippen molar-refractivity contribution in [2.45, 2.75) is 31.5 Å². The average Bonchev–Trinajstić information content (AvgIpc) is 3.21. The zero-order valence-corrected chi connectivity index (χ0v) is 12.6. The van der Waals surface area contributed by atoms with Crippen molar-refractivity contribution in [1.29, 1.82) is 0 Å². The van der Waals surface area contributed by atoms with Crippen molar-refractivity contribution in [3.8, 4) is 0 Å². The van der Waals surface area contributed by atoms with E-state index in [1.165, 1.54) is 5.69 Å². The molecule has 6 heteroatoms. The van der Waals surface area contributed by atoms with Gasteiger partial charge in [0.1, 0.15) is 12.4 Å². The lowest BCUT2D eigenvalue weighted by Gasteiger charge is -2.32. The van der Waals surface area contributed by atoms with E-state index in [1.807, 2.05) is 18.3 Å². The number of nitrogens with one attached hydrogen (secondary N) is 1. The number of aliphatic hydroxyl groups excluding tert-OH is 1. The minimum atomic E-state index is -0.460. The summed E-state index contributed by atoms with van der Waals surface area (Å²) in [7, 11) is 0. The van der Waals surface area contributed by atoms with E-state index >= 15 is 0 Å². The molecule has 2 N–H and O–H groups in total. The maximum absolute atomic E-state index is 10.1. The summed E-state index contributed by atoms with van der Waals surface area (Å²) < 4.78 is 10.7. The Balaban J connectivity index is 1.33. The van der Waals surface area contributed by atoms with Crippen LogP contribution in [-0.2, 0) is 11.3 Å². The van der Waals surface area contributed by atoms with Crippen LogP contribution < -0.4 is 0 Å². The van der Waals surface area contributed by atoms with Crippen LogP contribution in [0, 0.1) is 0 Å². The van der Waals surface area contributed by atoms with Gasteiger partial charge in [-0.1, -0.05) is 0 Å². The zero-order valence-electron chi connectivity index (χ0n) is 12.6. The largest absolute Gasteiger partial charge is 0.467 e. The van der Waals surface area contributed by atoms with Crippen molar-refractivity contribution in [2.75, 3.05) is 26.2 Å². The highest BCUT2D eigenvalue weighted by molar-refractivity contribution is 5.06. The van der Waals surface area contributed by atoms with Crippen molar-refractivity contribution < 1.29 is 14.3 Å². The molecule has 3 heterocycles. The second kappa shape index (κ2) is 7.58. The topological polar surface area (TPSA) is 74.5 Å². The Labute approximate surface area is 130 Å². The molecular weight excluding hydrogens is 282 g/mol. The Bertz CT molecular complexity index is 519. The van der Waals surface area contributed by atoms with Gasteiger partial charge in [-0.3, -0.25) is 5.10 Å². The summed E-state index contributed by atoms with van der Waals surface area (Å²) in [5.41, 5.74) is 1.22. The first kappa shape index (κ1) is 15.3. The van der Waals surface area contributed by atoms with Crippen LogP contribution in [0.5, 0.6) is 0 Å². The monoisotopic (exact) mass is 305 g/mol. The van der Waals surface area contributed by atoms with E-state index in [9.17, 15) is 5.11 Å². The summed E-state index contributed by atoms with van der Waals surface area (Å²) in [6.45, 7) is 3.40. The third-order valence-corrected chi connectivity index (χ3v) is 4.15. The maximum atomic E-state index is 10.1. The minimum Gasteiger partial charge on any atom is -0.467 e. The first-order valence-corrected chi connectivity index (χ1v) is 7.81. The van der Waals surface area contributed by atoms with Crippen LogP contribution in [0.15, 0.2) is 35.1 Å². The lowest BCUT2D eigenvalue weighted by atomic mass is 9.93. The first-order valence-electron chi connectivity index (χ1n) is 7.81. The van der Waals surface area contributed by atoms with Crippen LogP contribution in [0.25, 0.3) is 0 Å². The van der Waals surface area contributed by atoms with Gasteiger partial charge in [0.05, 0.1) is 19.0 Å². The first-order chi connectivity index (χ1) is 10.8. The second-order valence-electron chi connectivity index (χ2n) is 5.84. The number of rotatable bonds is 7. The van der Waals surface area contributed by atoms with E-state index in [0.29, 0.717) is 25.7 Å². The van der Waals surface area contributed by atoms with Crippen LogP contribution in [0.4, 0.5) is 0 Å². The van der Waals surface area contributed by atoms with Gasteiger partial charge in [-0.2, -0.15) is 5.10 Å². The molecule has 6 nitrogen and oxygen atoms in total. The lowest BCUT2D eigenvalue weighted by molar-refractivity contribution is 0.00168. The number of likely N-dealkylation sites (tertiary alicyclic amines) is 1. The van der Waals surface area contributed by atoms with Crippen molar-refractivity contribution in [3.05, 3.63) is 42.1 Å². The number of hydrogen-bond acceptors (Lipinski definition) is 5. The fourth-order valence-corrected chi connectivity index (χ4v) is 2.96. The van der Waals surface area contributed by atoms with Crippen LogP contribution in [0.2, 0.25) is 0 Å². The van der Waals surface area contributed by atoms with E-state index < -0.39 is 6.10 Å². The fourth-order valence-electron chi connectivity index (χ4n) is 2.96. The number of aromatic amines is 1. The van der Waals surface area contributed by atoms with Crippen molar-refractivity contribution in [1.82, 2.24) is 15.1 Å². The zero-order chi connectivity index (χ0) is 15.2. The summed E-state index contributed by atoms with van der Waals surface area (Å²) in [6, 6.07) is 5.75. The molecule has 3 rings (SSSR count). The third-order valence-electron chi connectivity index (χ3n) is 4.15. The number of nitrogens with zero attached hydrogens (tertiary/aromatic N) is 2. The SMILES string of the molecule is OC(COCc1ccco1)CN1CCC(c2ccn[nH]2)CC1. The number of β-amino-alcohol motifs (C(OH)–C–C–N with tert-alkyl or cyclic N) is 1. The highest BCUT2D eigenvalue weighted by atomic mass is 16.5. The van der Waals surface area contributed by atoms with Gasteiger partial charge in [-0.05, 0) is 44.1 Å². The highest BCUT2D eigenvalue weighted by Gasteiger charge is 2.22. The van der Waals surface area contributed by atoms with Crippen LogP contribution in [0.1, 0.15) is 30.2 Å². The number of furan rings is 1. The van der Waals surface area contributed by atoms with Crippen LogP contribution in [0.3, 0.4) is 0 Å². The molecule has 0 radical (unpaired) electrons. The van der Waals surface area contributed by atoms with Gasteiger partial charge in [0.2, 0.25) is 0 Å². The van der Waals surface area contributed by atoms with E-state index in [0.717, 1.165) is 31.7 Å². The summed E-state index contributed by atoms with van der Waals surface area (Å²) in [6.07, 6.45) is 5.17. The Morgan fingerprint density at radius 3 is 2.95 bits per heavy atom. The van der Waals surface area contributed by atoms with Gasteiger partial charge in [0.15, 0.2) is 0 Å². The molecule has 1 aliphatic rings. The summed E-state index contributed by atoms with van der Waals surface area (Å²) in [5.74, 6) is 1.35. The van der Waals surface area contributed by atoms with Gasteiger partial charge >= 0.3 is 0 Å². The average molecular weight is 305 g/mol. The molecule has 0 aromatic carbocycles. The molecule has 0 saturated carbocycles. The number of ether oxygens (including phenoxy) is 1. The smallest absolute Gasteiger partial charge is 0.129 e. The molecule has 1 aliphatic heterocycles. The highest BCUT2D eigenvalue weighted by Crippen LogP contribution is 2.26. The normalized spacial score (nSPS) is 18.6. The summed E-state index contributed by atoms with van der Waals surface area (Å²) in [5, 5.41) is 17.1. The standard InChI is InChI=1S/C16H23N3O3/c20-14(11-21-12-15-2-1-9-22-15)10-19-7-4-13(5-8-19)16-3-6-17-18-16/h1-3,6,9,13-14,20H,4-5,7-8,10-12H2,(H,17,18). The maximum Gasteiger partial charge on any atom is 0.129 e. The Kier molecular flexibility index (Phi) is 5.26. The van der Waals surface area contributed by atoms with Gasteiger partial charge in [-0.25, -0.2) is 0 Å². The second-order valence-corrected chi connectivity index (χ2v) is 5.84. The minimum absolute atomic E-state index is 0.335. The van der Waals surface area contributed by atoms with Gasteiger partial charge in [0, 0.05) is 24.4 Å². The Morgan fingerprint density at radius 1 is 1.41 bits per heavy atom. The molecule has 2 aromatic rings. The Morgan fingerprint density at radius 2 is 2.27 bits per heavy atom. The van der Waals surface area contributed by atoms with Crippen molar-refractivity contribution in [2.24, 2.45) is 0 Å². The molecule has 120 valence electrons. The lowest BCUT2D eigenvalue weighted by Crippen LogP contribution is -2.39. The predicted octanol–water partition coefficient (Wildman–Crippen LogP) is 1.76. The van der Waals surface area contributed by atoms with Gasteiger partial charge < -0.3 is 19.2 Å². The molecular formula is C16H23N3O3. The Hall–Kier alpha value is -1.63. The molecule has 0 amide bonds. The molecule has 0 spiro atoms. The number of aliphatic hydroxyl groups is 1. The molecule has 22 heavy (non-hydrogen) atoms. The van der Waals surface area contributed by atoms with E-state index in [2.05, 4.69) is 21.2 Å². The molecule has 1 atom stereocenters. The van der Waals surface area contributed by atoms with Gasteiger partial charge in [-0.15, -0.1) is 0 Å². The predicted molar refractivity (Wildman–Crippen MR) is 81.4 cm³/mol. The summed E-state index contributed by atoms with van der Waals surface area (Å²) in [4.78, 5) is 2.30. The molecule has 1 saturated heterocycles. The van der Waals surface area contributed by atoms with Crippen molar-refractivity contribution >= 4 is 0 Å².